The van der Waals surface area contributed by atoms with E-state index < -0.39 is 0 Å². The van der Waals surface area contributed by atoms with Gasteiger partial charge in [0.15, 0.2) is 0 Å². The Morgan fingerprint density at radius 3 is 3.06 bits per heavy atom. The molecule has 0 aromatic carbocycles. The molecule has 92 valence electrons. The van der Waals surface area contributed by atoms with Crippen LogP contribution in [0.1, 0.15) is 24.8 Å². The van der Waals surface area contributed by atoms with E-state index in [1.807, 2.05) is 12.4 Å². The second kappa shape index (κ2) is 4.65. The van der Waals surface area contributed by atoms with Crippen LogP contribution in [0.5, 0.6) is 0 Å². The maximum absolute atomic E-state index is 4.27. The number of anilines is 1. The minimum atomic E-state index is 0.692. The Hall–Kier alpha value is -1.09. The fraction of sp³-hybridized carbons (Fsp3) is 0.643. The van der Waals surface area contributed by atoms with Crippen molar-refractivity contribution in [3.63, 3.8) is 0 Å². The molecule has 17 heavy (non-hydrogen) atoms. The molecule has 1 unspecified atom stereocenters. The summed E-state index contributed by atoms with van der Waals surface area (Å²) < 4.78 is 0. The smallest absolute Gasteiger partial charge is 0.0582 e. The fourth-order valence-corrected chi connectivity index (χ4v) is 2.77. The van der Waals surface area contributed by atoms with Crippen molar-refractivity contribution >= 4 is 5.69 Å². The van der Waals surface area contributed by atoms with Gasteiger partial charge in [-0.25, -0.2) is 0 Å². The van der Waals surface area contributed by atoms with Gasteiger partial charge in [0.05, 0.1) is 11.9 Å². The number of hydrogen-bond acceptors (Lipinski definition) is 3. The lowest BCUT2D eigenvalue weighted by atomic mass is 10.1. The number of nitrogens with zero attached hydrogens (tertiary/aromatic N) is 2. The van der Waals surface area contributed by atoms with Gasteiger partial charge >= 0.3 is 0 Å². The average molecular weight is 231 g/mol. The first-order valence-electron chi connectivity index (χ1n) is 6.73. The Morgan fingerprint density at radius 2 is 2.29 bits per heavy atom. The molecule has 1 aliphatic heterocycles. The fourth-order valence-electron chi connectivity index (χ4n) is 2.77. The van der Waals surface area contributed by atoms with E-state index in [1.54, 1.807) is 0 Å². The Labute approximate surface area is 103 Å². The van der Waals surface area contributed by atoms with Gasteiger partial charge in [-0.2, -0.15) is 0 Å². The third-order valence-corrected chi connectivity index (χ3v) is 3.97. The zero-order chi connectivity index (χ0) is 11.7. The molecule has 1 aromatic heterocycles. The quantitative estimate of drug-likeness (QED) is 0.843. The maximum Gasteiger partial charge on any atom is 0.0582 e. The summed E-state index contributed by atoms with van der Waals surface area (Å²) in [5.74, 6) is 0.924. The zero-order valence-corrected chi connectivity index (χ0v) is 10.5. The molecule has 3 heteroatoms. The highest BCUT2D eigenvalue weighted by Gasteiger charge is 2.33. The molecule has 2 heterocycles. The second-order valence-corrected chi connectivity index (χ2v) is 5.36. The highest BCUT2D eigenvalue weighted by Crippen LogP contribution is 2.34. The van der Waals surface area contributed by atoms with Crippen LogP contribution in [0.2, 0.25) is 0 Å². The number of nitrogens with one attached hydrogen (secondary N) is 1. The summed E-state index contributed by atoms with van der Waals surface area (Å²) >= 11 is 0. The van der Waals surface area contributed by atoms with Gasteiger partial charge in [-0.1, -0.05) is 0 Å². The summed E-state index contributed by atoms with van der Waals surface area (Å²) in [6, 6.07) is 2.80. The molecular weight excluding hydrogens is 210 g/mol. The summed E-state index contributed by atoms with van der Waals surface area (Å²) in [6.45, 7) is 5.65. The van der Waals surface area contributed by atoms with Crippen LogP contribution in [0.4, 0.5) is 5.69 Å². The van der Waals surface area contributed by atoms with Crippen LogP contribution < -0.4 is 10.2 Å². The van der Waals surface area contributed by atoms with Crippen LogP contribution in [0, 0.1) is 12.8 Å². The van der Waals surface area contributed by atoms with Crippen LogP contribution in [0.15, 0.2) is 18.5 Å². The average Bonchev–Trinajstić information content (AvgIpc) is 3.16. The highest BCUT2D eigenvalue weighted by atomic mass is 15.2. The highest BCUT2D eigenvalue weighted by molar-refractivity contribution is 5.51. The van der Waals surface area contributed by atoms with Crippen molar-refractivity contribution in [2.45, 2.75) is 32.2 Å². The van der Waals surface area contributed by atoms with Gasteiger partial charge in [-0.05, 0) is 50.3 Å². The van der Waals surface area contributed by atoms with Gasteiger partial charge in [0.25, 0.3) is 0 Å². The van der Waals surface area contributed by atoms with Crippen LogP contribution in [0.3, 0.4) is 0 Å². The second-order valence-electron chi connectivity index (χ2n) is 5.36. The van der Waals surface area contributed by atoms with Gasteiger partial charge in [0, 0.05) is 25.3 Å². The predicted octanol–water partition coefficient (Wildman–Crippen LogP) is 1.97. The van der Waals surface area contributed by atoms with Crippen LogP contribution in [-0.4, -0.2) is 30.7 Å². The Morgan fingerprint density at radius 1 is 1.41 bits per heavy atom. The van der Waals surface area contributed by atoms with Crippen molar-refractivity contribution in [2.24, 2.45) is 5.92 Å². The summed E-state index contributed by atoms with van der Waals surface area (Å²) in [7, 11) is 0. The van der Waals surface area contributed by atoms with E-state index in [9.17, 15) is 0 Å². The first-order chi connectivity index (χ1) is 8.34. The Bertz CT molecular complexity index is 387. The topological polar surface area (TPSA) is 28.2 Å². The molecule has 1 saturated heterocycles. The monoisotopic (exact) mass is 231 g/mol. The van der Waals surface area contributed by atoms with Crippen molar-refractivity contribution in [3.8, 4) is 0 Å². The normalized spacial score (nSPS) is 25.7. The van der Waals surface area contributed by atoms with Crippen LogP contribution in [-0.2, 0) is 0 Å². The number of hydrogen-bond donors (Lipinski definition) is 1. The summed E-state index contributed by atoms with van der Waals surface area (Å²) in [5.41, 5.74) is 2.67. The number of pyridine rings is 1. The maximum atomic E-state index is 4.27. The van der Waals surface area contributed by atoms with Crippen molar-refractivity contribution in [1.29, 1.82) is 0 Å². The number of rotatable bonds is 2. The van der Waals surface area contributed by atoms with Crippen molar-refractivity contribution < 1.29 is 0 Å². The number of aryl methyl sites for hydroxylation is 1. The molecule has 3 nitrogen and oxygen atoms in total. The molecule has 1 N–H and O–H groups in total. The molecule has 1 atom stereocenters. The molecule has 2 fully saturated rings. The minimum Gasteiger partial charge on any atom is -0.368 e. The van der Waals surface area contributed by atoms with E-state index in [-0.39, 0.29) is 0 Å². The lowest BCUT2D eigenvalue weighted by molar-refractivity contribution is 0.490. The molecular formula is C14H21N3. The van der Waals surface area contributed by atoms with E-state index in [1.165, 1.54) is 30.5 Å². The lowest BCUT2D eigenvalue weighted by Crippen LogP contribution is -2.39. The van der Waals surface area contributed by atoms with E-state index >= 15 is 0 Å². The van der Waals surface area contributed by atoms with E-state index in [2.05, 4.69) is 28.2 Å². The Kier molecular flexibility index (Phi) is 3.02. The molecule has 1 saturated carbocycles. The van der Waals surface area contributed by atoms with Crippen LogP contribution in [0.25, 0.3) is 0 Å². The van der Waals surface area contributed by atoms with Gasteiger partial charge in [-0.3, -0.25) is 4.98 Å². The molecule has 1 aromatic rings. The van der Waals surface area contributed by atoms with Gasteiger partial charge in [0.1, 0.15) is 0 Å². The molecule has 0 spiro atoms. The van der Waals surface area contributed by atoms with Crippen molar-refractivity contribution in [1.82, 2.24) is 10.3 Å². The largest absolute Gasteiger partial charge is 0.368 e. The molecule has 2 aliphatic rings. The first kappa shape index (κ1) is 11.0. The third-order valence-electron chi connectivity index (χ3n) is 3.97. The van der Waals surface area contributed by atoms with Crippen molar-refractivity contribution in [2.75, 3.05) is 24.5 Å². The molecule has 0 amide bonds. The zero-order valence-electron chi connectivity index (χ0n) is 10.5. The summed E-state index contributed by atoms with van der Waals surface area (Å²) in [6.07, 6.45) is 7.96. The van der Waals surface area contributed by atoms with E-state index in [0.29, 0.717) is 6.04 Å². The lowest BCUT2D eigenvalue weighted by Gasteiger charge is -2.27. The summed E-state index contributed by atoms with van der Waals surface area (Å²) in [4.78, 5) is 6.79. The van der Waals surface area contributed by atoms with E-state index in [4.69, 9.17) is 0 Å². The SMILES string of the molecule is Cc1ccncc1N1CCCNC(C2CC2)C1. The van der Waals surface area contributed by atoms with Crippen LogP contribution >= 0.6 is 0 Å². The van der Waals surface area contributed by atoms with Crippen molar-refractivity contribution in [3.05, 3.63) is 24.0 Å². The van der Waals surface area contributed by atoms with Gasteiger partial charge < -0.3 is 10.2 Å². The molecule has 3 rings (SSSR count). The predicted molar refractivity (Wildman–Crippen MR) is 70.3 cm³/mol. The summed E-state index contributed by atoms with van der Waals surface area (Å²) in [5, 5.41) is 3.70. The number of aromatic nitrogens is 1. The van der Waals surface area contributed by atoms with Gasteiger partial charge in [-0.15, -0.1) is 0 Å². The standard InChI is InChI=1S/C14H21N3/c1-11-5-7-15-9-14(11)17-8-2-6-16-13(10-17)12-3-4-12/h5,7,9,12-13,16H,2-4,6,8,10H2,1H3. The van der Waals surface area contributed by atoms with Gasteiger partial charge in [0.2, 0.25) is 0 Å². The molecule has 0 bridgehead atoms. The third kappa shape index (κ3) is 2.44. The minimum absolute atomic E-state index is 0.692. The van der Waals surface area contributed by atoms with E-state index in [0.717, 1.165) is 25.6 Å². The first-order valence-corrected chi connectivity index (χ1v) is 6.73. The molecule has 0 radical (unpaired) electrons. The Balaban J connectivity index is 1.78. The molecule has 1 aliphatic carbocycles.